The van der Waals surface area contributed by atoms with Gasteiger partial charge in [0.2, 0.25) is 0 Å². The zero-order chi connectivity index (χ0) is 51.9. The van der Waals surface area contributed by atoms with Crippen LogP contribution in [0.2, 0.25) is 20.1 Å². The van der Waals surface area contributed by atoms with Crippen LogP contribution in [0.3, 0.4) is 0 Å². The number of fused-ring (bicyclic) bond motifs is 2. The molecule has 0 saturated heterocycles. The monoisotopic (exact) mass is 1110 g/mol. The van der Waals surface area contributed by atoms with E-state index in [0.29, 0.717) is 135 Å². The minimum atomic E-state index is -3.42. The normalized spacial score (nSPS) is 16.1. The third-order valence-electron chi connectivity index (χ3n) is 11.8. The number of hydrogen-bond acceptors (Lipinski definition) is 14. The third-order valence-corrected chi connectivity index (χ3v) is 16.6. The molecule has 0 unspecified atom stereocenters. The standard InChI is InChI=1S/C25H32Cl2N4O5S.C25H34Cl2N2O5S/c1-31-17-23(22-15-20(26)16-25(27)24(22)18-31)19-3-5-21(6-4-19)37(32,33)14-2-8-34-10-12-36-13-11-35-9-7-29-30-28;1-29-17-23(22-15-20(26)16-25(27)24(22)18-29)19-3-5-21(6-4-19)35(30,31)14-2-8-32-10-12-34-13-11-33-9-7-28/h3-6,15-16,23H,2,7-14,17-18H2,1H3;3-6,15-16,23H,2,7-14,17-18,28H2,1H3/t2*23-/m11/s1. The molecule has 0 radical (unpaired) electrons. The Balaban J connectivity index is 0.000000268. The Hall–Kier alpha value is -3.11. The van der Waals surface area contributed by atoms with E-state index in [-0.39, 0.29) is 23.3 Å². The molecule has 2 atom stereocenters. The molecule has 396 valence electrons. The lowest BCUT2D eigenvalue weighted by Gasteiger charge is -2.33. The molecule has 0 bridgehead atoms. The molecule has 2 aliphatic heterocycles. The minimum Gasteiger partial charge on any atom is -0.379 e. The van der Waals surface area contributed by atoms with Crippen LogP contribution >= 0.6 is 46.4 Å². The molecule has 0 aromatic heterocycles. The molecular weight excluding hydrogens is 1050 g/mol. The Labute approximate surface area is 444 Å². The summed E-state index contributed by atoms with van der Waals surface area (Å²) in [4.78, 5) is 7.66. The lowest BCUT2D eigenvalue weighted by atomic mass is 9.85. The van der Waals surface area contributed by atoms with Crippen molar-refractivity contribution >= 4 is 66.1 Å². The van der Waals surface area contributed by atoms with Crippen LogP contribution in [0, 0.1) is 0 Å². The molecule has 2 N–H and O–H groups in total. The highest BCUT2D eigenvalue weighted by Crippen LogP contribution is 2.40. The maximum absolute atomic E-state index is 12.8. The highest BCUT2D eigenvalue weighted by Gasteiger charge is 2.29. The van der Waals surface area contributed by atoms with Crippen LogP contribution in [0.5, 0.6) is 0 Å². The second kappa shape index (κ2) is 31.1. The number of nitrogens with two attached hydrogens (primary N) is 1. The number of likely N-dealkylation sites (N-methyl/N-ethyl adjacent to an activating group) is 2. The number of rotatable bonds is 29. The van der Waals surface area contributed by atoms with Gasteiger partial charge in [-0.1, -0.05) is 75.8 Å². The van der Waals surface area contributed by atoms with Gasteiger partial charge in [-0.05, 0) is 114 Å². The fourth-order valence-electron chi connectivity index (χ4n) is 8.33. The van der Waals surface area contributed by atoms with Crippen LogP contribution in [-0.2, 0) is 61.2 Å². The molecule has 0 saturated carbocycles. The number of halogens is 4. The Morgan fingerprint density at radius 1 is 0.569 bits per heavy atom. The number of nitrogens with zero attached hydrogens (tertiary/aromatic N) is 5. The molecule has 0 fully saturated rings. The minimum absolute atomic E-state index is 0.00639. The molecule has 4 aromatic rings. The molecule has 0 amide bonds. The van der Waals surface area contributed by atoms with Crippen molar-refractivity contribution in [3.8, 4) is 0 Å². The van der Waals surface area contributed by atoms with Gasteiger partial charge < -0.3 is 44.0 Å². The summed E-state index contributed by atoms with van der Waals surface area (Å²) in [7, 11) is -2.72. The molecule has 2 aliphatic rings. The van der Waals surface area contributed by atoms with Crippen LogP contribution in [0.15, 0.2) is 87.7 Å². The summed E-state index contributed by atoms with van der Waals surface area (Å²) in [6.07, 6.45) is 0.811. The lowest BCUT2D eigenvalue weighted by Crippen LogP contribution is -2.31. The summed E-state index contributed by atoms with van der Waals surface area (Å²) >= 11 is 25.5. The number of azide groups is 1. The van der Waals surface area contributed by atoms with Gasteiger partial charge >= 0.3 is 0 Å². The van der Waals surface area contributed by atoms with Crippen LogP contribution in [0.1, 0.15) is 58.1 Å². The summed E-state index contributed by atoms with van der Waals surface area (Å²) < 4.78 is 83.3. The predicted octanol–water partition coefficient (Wildman–Crippen LogP) is 8.84. The van der Waals surface area contributed by atoms with Crippen molar-refractivity contribution in [2.45, 2.75) is 47.6 Å². The predicted molar refractivity (Wildman–Crippen MR) is 283 cm³/mol. The number of ether oxygens (including phenoxy) is 6. The van der Waals surface area contributed by atoms with Gasteiger partial charge in [0.15, 0.2) is 19.7 Å². The van der Waals surface area contributed by atoms with Gasteiger partial charge in [0.1, 0.15) is 0 Å². The van der Waals surface area contributed by atoms with Gasteiger partial charge in [-0.15, -0.1) is 0 Å². The van der Waals surface area contributed by atoms with E-state index in [9.17, 15) is 16.8 Å². The summed E-state index contributed by atoms with van der Waals surface area (Å²) in [5.74, 6) is 0.161. The zero-order valence-electron chi connectivity index (χ0n) is 40.9. The average Bonchev–Trinajstić information content (AvgIpc) is 3.35. The van der Waals surface area contributed by atoms with Crippen molar-refractivity contribution < 1.29 is 45.3 Å². The second-order valence-electron chi connectivity index (χ2n) is 17.3. The first-order chi connectivity index (χ1) is 34.6. The van der Waals surface area contributed by atoms with Crippen molar-refractivity contribution in [1.82, 2.24) is 9.80 Å². The highest BCUT2D eigenvalue weighted by atomic mass is 35.5. The van der Waals surface area contributed by atoms with E-state index >= 15 is 0 Å². The van der Waals surface area contributed by atoms with Gasteiger partial charge in [0.25, 0.3) is 0 Å². The number of benzene rings is 4. The lowest BCUT2D eigenvalue weighted by molar-refractivity contribution is 0.0162. The number of sulfone groups is 2. The van der Waals surface area contributed by atoms with Crippen molar-refractivity contribution in [1.29, 1.82) is 0 Å². The Morgan fingerprint density at radius 2 is 0.931 bits per heavy atom. The van der Waals surface area contributed by atoms with E-state index < -0.39 is 19.7 Å². The Morgan fingerprint density at radius 3 is 1.31 bits per heavy atom. The molecule has 0 aliphatic carbocycles. The largest absolute Gasteiger partial charge is 0.379 e. The summed E-state index contributed by atoms with van der Waals surface area (Å²) in [6.45, 7) is 8.87. The molecule has 6 rings (SSSR count). The topological polar surface area (TPSA) is 205 Å². The zero-order valence-corrected chi connectivity index (χ0v) is 45.5. The van der Waals surface area contributed by atoms with E-state index in [2.05, 4.69) is 19.8 Å². The van der Waals surface area contributed by atoms with E-state index in [4.69, 9.17) is 86.1 Å². The molecule has 4 aromatic carbocycles. The first-order valence-corrected chi connectivity index (χ1v) is 28.6. The highest BCUT2D eigenvalue weighted by molar-refractivity contribution is 7.91. The molecular formula is C50H66Cl4N6O10S2. The SMILES string of the molecule is CN1Cc2c(Cl)cc(Cl)cc2[C@@H](c2ccc(S(=O)(=O)CCCOCCOCCOCCN)cc2)C1.CN1Cc2c(Cl)cc(Cl)cc2[C@@H](c2ccc(S(=O)(=O)CCCOCCOCCOCCN=[N+]=[N-])cc2)C1. The first kappa shape index (κ1) is 59.8. The Kier molecular flexibility index (Phi) is 25.8. The fraction of sp³-hybridized carbons (Fsp3) is 0.520. The molecule has 0 spiro atoms. The van der Waals surface area contributed by atoms with E-state index in [1.807, 2.05) is 50.5 Å². The van der Waals surface area contributed by atoms with Crippen LogP contribution in [-0.4, -0.2) is 158 Å². The smallest absolute Gasteiger partial charge is 0.178 e. The van der Waals surface area contributed by atoms with E-state index in [0.717, 1.165) is 59.6 Å². The Bertz CT molecular complexity index is 2580. The van der Waals surface area contributed by atoms with Gasteiger partial charge in [-0.25, -0.2) is 16.8 Å². The summed E-state index contributed by atoms with van der Waals surface area (Å²) in [5.41, 5.74) is 19.9. The summed E-state index contributed by atoms with van der Waals surface area (Å²) in [6, 6.07) is 21.7. The fourth-order valence-corrected chi connectivity index (χ4v) is 12.0. The van der Waals surface area contributed by atoms with Crippen molar-refractivity contribution in [3.05, 3.63) is 137 Å². The molecule has 72 heavy (non-hydrogen) atoms. The van der Waals surface area contributed by atoms with Gasteiger partial charge in [-0.3, -0.25) is 0 Å². The van der Waals surface area contributed by atoms with Gasteiger partial charge in [0.05, 0.1) is 87.4 Å². The van der Waals surface area contributed by atoms with E-state index in [1.54, 1.807) is 36.4 Å². The molecule has 22 heteroatoms. The second-order valence-corrected chi connectivity index (χ2v) is 23.2. The maximum Gasteiger partial charge on any atom is 0.178 e. The molecule has 2 heterocycles. The summed E-state index contributed by atoms with van der Waals surface area (Å²) in [5, 5.41) is 5.88. The number of hydrogen-bond donors (Lipinski definition) is 1. The molecule has 16 nitrogen and oxygen atoms in total. The van der Waals surface area contributed by atoms with Crippen molar-refractivity contribution in [2.75, 3.05) is 131 Å². The van der Waals surface area contributed by atoms with Crippen molar-refractivity contribution in [2.24, 2.45) is 10.8 Å². The van der Waals surface area contributed by atoms with Gasteiger partial charge in [0, 0.05) is 89.3 Å². The first-order valence-electron chi connectivity index (χ1n) is 23.8. The van der Waals surface area contributed by atoms with E-state index in [1.165, 1.54) is 0 Å². The average molecular weight is 1120 g/mol. The van der Waals surface area contributed by atoms with Crippen molar-refractivity contribution in [3.63, 3.8) is 0 Å². The van der Waals surface area contributed by atoms with Gasteiger partial charge in [-0.2, -0.15) is 0 Å². The third kappa shape index (κ3) is 19.2. The van der Waals surface area contributed by atoms with Crippen LogP contribution < -0.4 is 5.73 Å². The maximum atomic E-state index is 12.8. The van der Waals surface area contributed by atoms with Crippen LogP contribution in [0.25, 0.3) is 10.4 Å². The quantitative estimate of drug-likeness (QED) is 0.0234. The van der Waals surface area contributed by atoms with Crippen LogP contribution in [0.4, 0.5) is 0 Å².